The third-order valence-electron chi connectivity index (χ3n) is 6.97. The van der Waals surface area contributed by atoms with Gasteiger partial charge in [0.05, 0.1) is 12.6 Å². The molecule has 0 saturated heterocycles. The van der Waals surface area contributed by atoms with Crippen molar-refractivity contribution in [2.24, 2.45) is 13.0 Å². The van der Waals surface area contributed by atoms with E-state index >= 15 is 0 Å². The van der Waals surface area contributed by atoms with Gasteiger partial charge in [-0.1, -0.05) is 52.0 Å². The van der Waals surface area contributed by atoms with Crippen molar-refractivity contribution in [3.8, 4) is 0 Å². The average Bonchev–Trinajstić information content (AvgIpc) is 3.29. The normalized spacial score (nSPS) is 12.0. The lowest BCUT2D eigenvalue weighted by atomic mass is 9.81. The number of aromatic nitrogens is 1. The molecular weight excluding hydrogens is 538 g/mol. The molecule has 1 aromatic heterocycles. The fraction of sp³-hybridized carbons (Fsp3) is 0.387. The van der Waals surface area contributed by atoms with Crippen LogP contribution >= 0.6 is 0 Å². The second-order valence-corrected chi connectivity index (χ2v) is 11.2. The van der Waals surface area contributed by atoms with E-state index in [0.717, 1.165) is 33.9 Å². The molecule has 0 saturated carbocycles. The summed E-state index contributed by atoms with van der Waals surface area (Å²) in [5.41, 5.74) is 3.70. The van der Waals surface area contributed by atoms with Gasteiger partial charge in [-0.05, 0) is 40.8 Å². The fourth-order valence-corrected chi connectivity index (χ4v) is 4.57. The van der Waals surface area contributed by atoms with Crippen molar-refractivity contribution in [1.82, 2.24) is 20.5 Å². The number of alkyl carbamates (subject to hydrolysis) is 1. The molecule has 0 spiro atoms. The number of nitrogens with one attached hydrogen (secondary N) is 4. The Morgan fingerprint density at radius 1 is 1.00 bits per heavy atom. The summed E-state index contributed by atoms with van der Waals surface area (Å²) < 4.78 is 7.32. The van der Waals surface area contributed by atoms with Crippen LogP contribution in [-0.2, 0) is 49.5 Å². The number of benzene rings is 2. The lowest BCUT2D eigenvalue weighted by Crippen LogP contribution is -2.41. The minimum absolute atomic E-state index is 0.0164. The standard InChI is InChI=1S/C31H39N5O6/c1-20(2)26(17-37)35-28(39)13-31(3,4)25-16-36(5)27-12-22(8-11-24(25)27)14-33-30(41)42-18-21-6-9-23(10-7-21)34-29(40)15-32-19-38/h6-12,16-17,19-20,26H,13-15,18H2,1-5H3,(H,32,38)(H,33,41)(H,34,40)(H,35,39). The van der Waals surface area contributed by atoms with Crippen molar-refractivity contribution in [2.75, 3.05) is 11.9 Å². The summed E-state index contributed by atoms with van der Waals surface area (Å²) >= 11 is 0. The lowest BCUT2D eigenvalue weighted by molar-refractivity contribution is -0.125. The molecule has 3 rings (SSSR count). The molecular formula is C31H39N5O6. The number of hydrogen-bond donors (Lipinski definition) is 4. The number of amides is 4. The second kappa shape index (κ2) is 14.3. The van der Waals surface area contributed by atoms with Gasteiger partial charge < -0.3 is 35.4 Å². The number of ether oxygens (including phenoxy) is 1. The smallest absolute Gasteiger partial charge is 0.407 e. The van der Waals surface area contributed by atoms with Crippen molar-refractivity contribution in [3.05, 3.63) is 65.4 Å². The van der Waals surface area contributed by atoms with Gasteiger partial charge in [0.15, 0.2) is 0 Å². The van der Waals surface area contributed by atoms with Crippen LogP contribution in [0.15, 0.2) is 48.7 Å². The first-order valence-corrected chi connectivity index (χ1v) is 13.7. The minimum atomic E-state index is -0.567. The molecule has 11 heteroatoms. The van der Waals surface area contributed by atoms with Crippen molar-refractivity contribution in [1.29, 1.82) is 0 Å². The highest BCUT2D eigenvalue weighted by Crippen LogP contribution is 2.34. The first kappa shape index (κ1) is 31.9. The molecule has 0 radical (unpaired) electrons. The largest absolute Gasteiger partial charge is 0.445 e. The van der Waals surface area contributed by atoms with E-state index in [1.807, 2.05) is 63.7 Å². The molecule has 42 heavy (non-hydrogen) atoms. The number of nitrogens with zero attached hydrogens (tertiary/aromatic N) is 1. The number of hydrogen-bond acceptors (Lipinski definition) is 6. The van der Waals surface area contributed by atoms with E-state index in [2.05, 4.69) is 21.3 Å². The molecule has 4 amide bonds. The fourth-order valence-electron chi connectivity index (χ4n) is 4.57. The van der Waals surface area contributed by atoms with E-state index in [-0.39, 0.29) is 43.8 Å². The number of anilines is 1. The summed E-state index contributed by atoms with van der Waals surface area (Å²) in [7, 11) is 1.94. The molecule has 2 aromatic carbocycles. The zero-order valence-corrected chi connectivity index (χ0v) is 24.7. The molecule has 0 fully saturated rings. The second-order valence-electron chi connectivity index (χ2n) is 11.2. The van der Waals surface area contributed by atoms with Gasteiger partial charge in [0.2, 0.25) is 18.2 Å². The highest BCUT2D eigenvalue weighted by atomic mass is 16.5. The van der Waals surface area contributed by atoms with E-state index in [1.54, 1.807) is 24.3 Å². The van der Waals surface area contributed by atoms with E-state index in [9.17, 15) is 24.0 Å². The van der Waals surface area contributed by atoms with Crippen LogP contribution in [0.2, 0.25) is 0 Å². The lowest BCUT2D eigenvalue weighted by Gasteiger charge is -2.25. The molecule has 11 nitrogen and oxygen atoms in total. The number of aryl methyl sites for hydroxylation is 1. The van der Waals surface area contributed by atoms with Gasteiger partial charge in [0, 0.05) is 48.2 Å². The predicted molar refractivity (Wildman–Crippen MR) is 160 cm³/mol. The number of carbonyl (C=O) groups excluding carboxylic acids is 5. The Balaban J connectivity index is 1.56. The van der Waals surface area contributed by atoms with Crippen LogP contribution < -0.4 is 21.3 Å². The first-order valence-electron chi connectivity index (χ1n) is 13.7. The maximum Gasteiger partial charge on any atom is 0.407 e. The maximum atomic E-state index is 12.7. The molecule has 4 N–H and O–H groups in total. The van der Waals surface area contributed by atoms with Gasteiger partial charge in [-0.2, -0.15) is 0 Å². The van der Waals surface area contributed by atoms with Crippen LogP contribution in [0.5, 0.6) is 0 Å². The monoisotopic (exact) mass is 577 g/mol. The molecule has 1 atom stereocenters. The summed E-state index contributed by atoms with van der Waals surface area (Å²) in [6.45, 7) is 8.01. The summed E-state index contributed by atoms with van der Waals surface area (Å²) in [6, 6.07) is 12.2. The Bertz CT molecular complexity index is 1430. The molecule has 3 aromatic rings. The number of aldehydes is 1. The zero-order chi connectivity index (χ0) is 30.9. The van der Waals surface area contributed by atoms with Crippen LogP contribution in [-0.4, -0.2) is 47.8 Å². The van der Waals surface area contributed by atoms with E-state index in [0.29, 0.717) is 12.1 Å². The van der Waals surface area contributed by atoms with Crippen molar-refractivity contribution in [2.45, 2.75) is 58.7 Å². The van der Waals surface area contributed by atoms with E-state index in [4.69, 9.17) is 4.74 Å². The van der Waals surface area contributed by atoms with Gasteiger partial charge >= 0.3 is 6.09 Å². The third kappa shape index (κ3) is 8.66. The predicted octanol–water partition coefficient (Wildman–Crippen LogP) is 3.30. The van der Waals surface area contributed by atoms with Crippen LogP contribution in [0.4, 0.5) is 10.5 Å². The molecule has 0 aliphatic heterocycles. The minimum Gasteiger partial charge on any atom is -0.445 e. The van der Waals surface area contributed by atoms with Crippen LogP contribution in [0, 0.1) is 5.92 Å². The molecule has 1 unspecified atom stereocenters. The average molecular weight is 578 g/mol. The van der Waals surface area contributed by atoms with Crippen molar-refractivity contribution in [3.63, 3.8) is 0 Å². The molecule has 1 heterocycles. The van der Waals surface area contributed by atoms with Crippen LogP contribution in [0.1, 0.15) is 50.8 Å². The Morgan fingerprint density at radius 3 is 2.33 bits per heavy atom. The summed E-state index contributed by atoms with van der Waals surface area (Å²) in [5.74, 6) is -0.506. The number of rotatable bonds is 14. The Labute approximate surface area is 245 Å². The topological polar surface area (TPSA) is 148 Å². The summed E-state index contributed by atoms with van der Waals surface area (Å²) in [5, 5.41) is 11.5. The zero-order valence-electron chi connectivity index (χ0n) is 24.7. The Morgan fingerprint density at radius 2 is 1.69 bits per heavy atom. The van der Waals surface area contributed by atoms with Gasteiger partial charge in [0.1, 0.15) is 12.9 Å². The van der Waals surface area contributed by atoms with Crippen molar-refractivity contribution >= 4 is 47.2 Å². The van der Waals surface area contributed by atoms with Gasteiger partial charge in [-0.25, -0.2) is 4.79 Å². The summed E-state index contributed by atoms with van der Waals surface area (Å²) in [4.78, 5) is 58.3. The Kier molecular flexibility index (Phi) is 10.8. The third-order valence-corrected chi connectivity index (χ3v) is 6.97. The maximum absolute atomic E-state index is 12.7. The number of carbonyl (C=O) groups is 5. The summed E-state index contributed by atoms with van der Waals surface area (Å²) in [6.07, 6.45) is 2.91. The van der Waals surface area contributed by atoms with Crippen molar-refractivity contribution < 1.29 is 28.7 Å². The molecule has 0 aliphatic rings. The van der Waals surface area contributed by atoms with Gasteiger partial charge in [0.25, 0.3) is 0 Å². The first-order chi connectivity index (χ1) is 19.9. The number of fused-ring (bicyclic) bond motifs is 1. The Hall–Kier alpha value is -4.67. The van der Waals surface area contributed by atoms with Gasteiger partial charge in [-0.3, -0.25) is 14.4 Å². The van der Waals surface area contributed by atoms with E-state index < -0.39 is 17.6 Å². The molecule has 224 valence electrons. The highest BCUT2D eigenvalue weighted by Gasteiger charge is 2.29. The van der Waals surface area contributed by atoms with E-state index in [1.165, 1.54) is 0 Å². The highest BCUT2D eigenvalue weighted by molar-refractivity contribution is 5.93. The van der Waals surface area contributed by atoms with Crippen LogP contribution in [0.25, 0.3) is 10.9 Å². The van der Waals surface area contributed by atoms with Crippen LogP contribution in [0.3, 0.4) is 0 Å². The SMILES string of the molecule is CC(C)C(C=O)NC(=O)CC(C)(C)c1cn(C)c2cc(CNC(=O)OCc3ccc(NC(=O)CNC=O)cc3)ccc12. The van der Waals surface area contributed by atoms with Gasteiger partial charge in [-0.15, -0.1) is 0 Å². The quantitative estimate of drug-likeness (QED) is 0.216. The molecule has 0 bridgehead atoms. The molecule has 0 aliphatic carbocycles.